The molecule has 4 rings (SSSR count). The maximum absolute atomic E-state index is 12.4. The second-order valence-electron chi connectivity index (χ2n) is 6.77. The molecule has 5 heteroatoms. The molecule has 26 heavy (non-hydrogen) atoms. The zero-order valence-corrected chi connectivity index (χ0v) is 15.0. The molecule has 1 fully saturated rings. The van der Waals surface area contributed by atoms with Gasteiger partial charge < -0.3 is 10.6 Å². The van der Waals surface area contributed by atoms with Crippen LogP contribution < -0.4 is 10.6 Å². The summed E-state index contributed by atoms with van der Waals surface area (Å²) in [5.74, 6) is 0.715. The van der Waals surface area contributed by atoms with E-state index in [1.165, 1.54) is 18.4 Å². The molecule has 2 aromatic carbocycles. The van der Waals surface area contributed by atoms with E-state index < -0.39 is 0 Å². The first-order valence-electron chi connectivity index (χ1n) is 8.91. The molecule has 1 aromatic heterocycles. The van der Waals surface area contributed by atoms with Crippen molar-refractivity contribution in [2.75, 3.05) is 10.6 Å². The minimum absolute atomic E-state index is 0.261. The zero-order valence-electron chi connectivity index (χ0n) is 15.0. The van der Waals surface area contributed by atoms with E-state index in [2.05, 4.69) is 27.9 Å². The molecule has 0 spiro atoms. The van der Waals surface area contributed by atoms with Crippen molar-refractivity contribution < 1.29 is 4.79 Å². The summed E-state index contributed by atoms with van der Waals surface area (Å²) in [7, 11) is 0. The molecule has 0 radical (unpaired) electrons. The molecule has 3 aromatic rings. The first-order valence-corrected chi connectivity index (χ1v) is 8.91. The number of benzene rings is 2. The van der Waals surface area contributed by atoms with Gasteiger partial charge in [0.25, 0.3) is 0 Å². The van der Waals surface area contributed by atoms with Gasteiger partial charge in [-0.25, -0.2) is 9.48 Å². The van der Waals surface area contributed by atoms with Crippen LogP contribution in [0.1, 0.15) is 35.7 Å². The Morgan fingerprint density at radius 3 is 2.35 bits per heavy atom. The van der Waals surface area contributed by atoms with Gasteiger partial charge in [0, 0.05) is 5.69 Å². The number of aryl methyl sites for hydroxylation is 1. The molecule has 0 atom stereocenters. The molecule has 0 aliphatic heterocycles. The summed E-state index contributed by atoms with van der Waals surface area (Å²) in [6, 6.07) is 17.7. The van der Waals surface area contributed by atoms with Crippen molar-refractivity contribution in [3.63, 3.8) is 0 Å². The van der Waals surface area contributed by atoms with Crippen LogP contribution in [0, 0.1) is 13.8 Å². The summed E-state index contributed by atoms with van der Waals surface area (Å²) in [6.45, 7) is 3.85. The predicted octanol–water partition coefficient (Wildman–Crippen LogP) is 5.01. The molecule has 1 aliphatic rings. The van der Waals surface area contributed by atoms with Crippen LogP contribution >= 0.6 is 0 Å². The fourth-order valence-corrected chi connectivity index (χ4v) is 3.18. The summed E-state index contributed by atoms with van der Waals surface area (Å²) in [6.07, 6.45) is 2.55. The van der Waals surface area contributed by atoms with Crippen molar-refractivity contribution in [3.05, 3.63) is 71.5 Å². The van der Waals surface area contributed by atoms with E-state index in [1.807, 2.05) is 61.0 Å². The van der Waals surface area contributed by atoms with E-state index in [0.717, 1.165) is 28.5 Å². The summed E-state index contributed by atoms with van der Waals surface area (Å²) in [5, 5.41) is 10.4. The number of hydrogen-bond acceptors (Lipinski definition) is 2. The third kappa shape index (κ3) is 3.33. The van der Waals surface area contributed by atoms with Gasteiger partial charge in [-0.05, 0) is 62.4 Å². The third-order valence-electron chi connectivity index (χ3n) is 4.75. The monoisotopic (exact) mass is 346 g/mol. The summed E-state index contributed by atoms with van der Waals surface area (Å²) in [4.78, 5) is 12.4. The molecule has 1 aliphatic carbocycles. The number of aromatic nitrogens is 2. The quantitative estimate of drug-likeness (QED) is 0.697. The average molecular weight is 346 g/mol. The largest absolute Gasteiger partial charge is 0.323 e. The smallest absolute Gasteiger partial charge is 0.308 e. The number of nitrogens with one attached hydrogen (secondary N) is 2. The van der Waals surface area contributed by atoms with E-state index in [0.29, 0.717) is 5.92 Å². The van der Waals surface area contributed by atoms with Crippen molar-refractivity contribution in [2.45, 2.75) is 32.6 Å². The molecule has 2 amide bonds. The van der Waals surface area contributed by atoms with Crippen molar-refractivity contribution >= 4 is 17.4 Å². The Labute approximate surface area is 153 Å². The van der Waals surface area contributed by atoms with Crippen LogP contribution in [0.25, 0.3) is 5.69 Å². The summed E-state index contributed by atoms with van der Waals surface area (Å²) in [5.41, 5.74) is 5.53. The zero-order chi connectivity index (χ0) is 18.1. The molecule has 5 nitrogen and oxygen atoms in total. The maximum atomic E-state index is 12.4. The van der Waals surface area contributed by atoms with Crippen molar-refractivity contribution in [3.8, 4) is 5.69 Å². The lowest BCUT2D eigenvalue weighted by Crippen LogP contribution is -2.20. The maximum Gasteiger partial charge on any atom is 0.323 e. The molecule has 2 N–H and O–H groups in total. The van der Waals surface area contributed by atoms with Gasteiger partial charge >= 0.3 is 6.03 Å². The lowest BCUT2D eigenvalue weighted by atomic mass is 10.1. The Morgan fingerprint density at radius 2 is 1.69 bits per heavy atom. The molecule has 1 heterocycles. The second-order valence-corrected chi connectivity index (χ2v) is 6.77. The second kappa shape index (κ2) is 6.67. The Bertz CT molecular complexity index is 925. The highest BCUT2D eigenvalue weighted by molar-refractivity contribution is 6.00. The minimum Gasteiger partial charge on any atom is -0.308 e. The highest BCUT2D eigenvalue weighted by Crippen LogP contribution is 2.40. The Hall–Kier alpha value is -3.08. The molecule has 1 saturated carbocycles. The van der Waals surface area contributed by atoms with Gasteiger partial charge in [0.1, 0.15) is 0 Å². The van der Waals surface area contributed by atoms with Crippen molar-refractivity contribution in [1.29, 1.82) is 0 Å². The van der Waals surface area contributed by atoms with Gasteiger partial charge in [0.05, 0.1) is 22.8 Å². The lowest BCUT2D eigenvalue weighted by Gasteiger charge is -2.09. The molecule has 132 valence electrons. The molecule has 0 unspecified atom stereocenters. The van der Waals surface area contributed by atoms with Gasteiger partial charge in [-0.3, -0.25) is 0 Å². The van der Waals surface area contributed by atoms with Crippen molar-refractivity contribution in [2.24, 2.45) is 0 Å². The fraction of sp³-hybridized carbons (Fsp3) is 0.238. The van der Waals surface area contributed by atoms with Crippen LogP contribution in [0.3, 0.4) is 0 Å². The van der Waals surface area contributed by atoms with E-state index >= 15 is 0 Å². The van der Waals surface area contributed by atoms with Gasteiger partial charge in [-0.15, -0.1) is 0 Å². The topological polar surface area (TPSA) is 59.0 Å². The Kier molecular flexibility index (Phi) is 4.21. The van der Waals surface area contributed by atoms with Crippen LogP contribution in [-0.4, -0.2) is 15.8 Å². The molecule has 0 saturated heterocycles. The third-order valence-corrected chi connectivity index (χ3v) is 4.75. The van der Waals surface area contributed by atoms with Crippen LogP contribution in [0.2, 0.25) is 0 Å². The van der Waals surface area contributed by atoms with Gasteiger partial charge in [0.15, 0.2) is 0 Å². The van der Waals surface area contributed by atoms with E-state index in [1.54, 1.807) is 0 Å². The molecular formula is C21H22N4O. The number of urea groups is 1. The first-order chi connectivity index (χ1) is 12.6. The number of amides is 2. The number of nitrogens with zero attached hydrogens (tertiary/aromatic N) is 2. The molecule has 0 bridgehead atoms. The average Bonchev–Trinajstić information content (AvgIpc) is 3.46. The van der Waals surface area contributed by atoms with Gasteiger partial charge in [0.2, 0.25) is 0 Å². The minimum atomic E-state index is -0.261. The summed E-state index contributed by atoms with van der Waals surface area (Å²) < 4.78 is 1.84. The Balaban J connectivity index is 1.48. The van der Waals surface area contributed by atoms with Gasteiger partial charge in [-0.2, -0.15) is 5.10 Å². The highest BCUT2D eigenvalue weighted by Gasteiger charge is 2.23. The lowest BCUT2D eigenvalue weighted by molar-refractivity contribution is 0.262. The van der Waals surface area contributed by atoms with E-state index in [-0.39, 0.29) is 6.03 Å². The van der Waals surface area contributed by atoms with Crippen LogP contribution in [0.15, 0.2) is 54.6 Å². The van der Waals surface area contributed by atoms with Crippen LogP contribution in [-0.2, 0) is 0 Å². The highest BCUT2D eigenvalue weighted by atomic mass is 16.2. The number of hydrogen-bond donors (Lipinski definition) is 2. The number of carbonyl (C=O) groups is 1. The normalized spacial score (nSPS) is 13.5. The number of carbonyl (C=O) groups excluding carboxylic acids is 1. The predicted molar refractivity (Wildman–Crippen MR) is 104 cm³/mol. The number of rotatable bonds is 4. The van der Waals surface area contributed by atoms with Gasteiger partial charge in [-0.1, -0.05) is 30.3 Å². The van der Waals surface area contributed by atoms with E-state index in [9.17, 15) is 4.79 Å². The number of para-hydroxylation sites is 1. The SMILES string of the molecule is Cc1nn(-c2ccccc2)c(C)c1NC(=O)Nc1ccc(C2CC2)cc1. The molecular weight excluding hydrogens is 324 g/mol. The Morgan fingerprint density at radius 1 is 1.00 bits per heavy atom. The number of anilines is 2. The van der Waals surface area contributed by atoms with E-state index in [4.69, 9.17) is 0 Å². The van der Waals surface area contributed by atoms with Crippen LogP contribution in [0.5, 0.6) is 0 Å². The summed E-state index contributed by atoms with van der Waals surface area (Å²) >= 11 is 0. The van der Waals surface area contributed by atoms with Crippen molar-refractivity contribution in [1.82, 2.24) is 9.78 Å². The fourth-order valence-electron chi connectivity index (χ4n) is 3.18. The standard InChI is InChI=1S/C21H22N4O/c1-14-20(15(2)25(24-14)19-6-4-3-5-7-19)23-21(26)22-18-12-10-17(11-13-18)16-8-9-16/h3-7,10-13,16H,8-9H2,1-2H3,(H2,22,23,26). The van der Waals surface area contributed by atoms with Crippen LogP contribution in [0.4, 0.5) is 16.2 Å². The first kappa shape index (κ1) is 16.4.